The zero-order chi connectivity index (χ0) is 16.3. The average molecular weight is 311 g/mol. The molecule has 7 heteroatoms. The Morgan fingerprint density at radius 1 is 1.55 bits per heavy atom. The maximum absolute atomic E-state index is 11.7. The second-order valence-corrected chi connectivity index (χ2v) is 6.43. The molecule has 0 unspecified atom stereocenters. The summed E-state index contributed by atoms with van der Waals surface area (Å²) in [6.07, 6.45) is 0.819. The number of hydrogen-bond donors (Lipinski definition) is 2. The molecule has 0 radical (unpaired) electrons. The minimum Gasteiger partial charge on any atom is -0.481 e. The maximum atomic E-state index is 11.7. The summed E-state index contributed by atoms with van der Waals surface area (Å²) in [5.74, 6) is 0.395. The first-order valence-corrected chi connectivity index (χ1v) is 7.85. The molecule has 2 N–H and O–H groups in total. The lowest BCUT2D eigenvalue weighted by Crippen LogP contribution is -2.55. The number of hydrogen-bond acceptors (Lipinski definition) is 6. The van der Waals surface area contributed by atoms with E-state index in [1.165, 1.54) is 0 Å². The molecule has 0 aliphatic carbocycles. The van der Waals surface area contributed by atoms with Crippen LogP contribution in [-0.4, -0.2) is 50.4 Å². The first kappa shape index (κ1) is 16.9. The zero-order valence-electron chi connectivity index (χ0n) is 13.4. The Morgan fingerprint density at radius 2 is 2.27 bits per heavy atom. The number of carbonyl (C=O) groups is 1. The highest BCUT2D eigenvalue weighted by molar-refractivity contribution is 5.76. The van der Waals surface area contributed by atoms with E-state index in [0.717, 1.165) is 6.42 Å². The van der Waals surface area contributed by atoms with Crippen LogP contribution in [0.3, 0.4) is 0 Å². The molecule has 7 nitrogen and oxygen atoms in total. The van der Waals surface area contributed by atoms with Gasteiger partial charge in [0.05, 0.1) is 12.6 Å². The first-order valence-electron chi connectivity index (χ1n) is 7.85. The van der Waals surface area contributed by atoms with Crippen molar-refractivity contribution in [2.45, 2.75) is 58.6 Å². The molecule has 2 heterocycles. The third-order valence-corrected chi connectivity index (χ3v) is 4.33. The molecule has 0 spiro atoms. The van der Waals surface area contributed by atoms with Gasteiger partial charge in [0.1, 0.15) is 5.41 Å². The van der Waals surface area contributed by atoms with Crippen molar-refractivity contribution >= 4 is 5.97 Å². The van der Waals surface area contributed by atoms with Crippen LogP contribution in [-0.2, 0) is 11.3 Å². The number of aliphatic hydroxyl groups excluding tert-OH is 1. The quantitative estimate of drug-likeness (QED) is 0.823. The summed E-state index contributed by atoms with van der Waals surface area (Å²) in [6.45, 7) is 7.27. The first-order chi connectivity index (χ1) is 10.4. The number of nitrogens with zero attached hydrogens (tertiary/aromatic N) is 3. The largest absolute Gasteiger partial charge is 0.481 e. The monoisotopic (exact) mass is 311 g/mol. The summed E-state index contributed by atoms with van der Waals surface area (Å²) < 4.78 is 5.18. The number of piperidine rings is 1. The van der Waals surface area contributed by atoms with Crippen LogP contribution in [0.2, 0.25) is 0 Å². The van der Waals surface area contributed by atoms with Crippen molar-refractivity contribution < 1.29 is 19.5 Å². The van der Waals surface area contributed by atoms with Crippen LogP contribution in [0.1, 0.15) is 57.7 Å². The molecule has 22 heavy (non-hydrogen) atoms. The molecule has 2 atom stereocenters. The molecule has 2 rings (SSSR count). The van der Waals surface area contributed by atoms with Crippen molar-refractivity contribution in [2.75, 3.05) is 13.1 Å². The molecule has 1 aliphatic rings. The summed E-state index contributed by atoms with van der Waals surface area (Å²) in [4.78, 5) is 18.1. The standard InChI is InChI=1S/C15H25N3O4/c1-4-6-15(14(20)21)9-18(7-5-11(15)19)8-12-16-13(10(2)3)22-17-12/h10-11,19H,4-9H2,1-3H3,(H,20,21)/t11-,15-/m1/s1. The van der Waals surface area contributed by atoms with Crippen LogP contribution in [0.5, 0.6) is 0 Å². The van der Waals surface area contributed by atoms with E-state index in [-0.39, 0.29) is 5.92 Å². The SMILES string of the molecule is CCC[C@@]1(C(=O)O)CN(Cc2noc(C(C)C)n2)CC[C@H]1O. The van der Waals surface area contributed by atoms with Gasteiger partial charge in [-0.2, -0.15) is 4.98 Å². The maximum Gasteiger partial charge on any atom is 0.313 e. The van der Waals surface area contributed by atoms with E-state index >= 15 is 0 Å². The van der Waals surface area contributed by atoms with Gasteiger partial charge in [-0.3, -0.25) is 9.69 Å². The van der Waals surface area contributed by atoms with Gasteiger partial charge in [-0.25, -0.2) is 0 Å². The van der Waals surface area contributed by atoms with Crippen LogP contribution >= 0.6 is 0 Å². The molecule has 0 amide bonds. The highest BCUT2D eigenvalue weighted by Gasteiger charge is 2.48. The van der Waals surface area contributed by atoms with Crippen LogP contribution in [0.4, 0.5) is 0 Å². The van der Waals surface area contributed by atoms with Crippen molar-refractivity contribution in [1.82, 2.24) is 15.0 Å². The molecular weight excluding hydrogens is 286 g/mol. The lowest BCUT2D eigenvalue weighted by Gasteiger charge is -2.43. The van der Waals surface area contributed by atoms with Gasteiger partial charge in [0.15, 0.2) is 5.82 Å². The van der Waals surface area contributed by atoms with Crippen LogP contribution in [0.15, 0.2) is 4.52 Å². The summed E-state index contributed by atoms with van der Waals surface area (Å²) in [6, 6.07) is 0. The third kappa shape index (κ3) is 3.30. The Bertz CT molecular complexity index is 517. The topological polar surface area (TPSA) is 99.7 Å². The Kier molecular flexibility index (Phi) is 5.18. The van der Waals surface area contributed by atoms with E-state index in [1.54, 1.807) is 0 Å². The molecule has 1 saturated heterocycles. The molecule has 0 saturated carbocycles. The van der Waals surface area contributed by atoms with Crippen molar-refractivity contribution in [1.29, 1.82) is 0 Å². The summed E-state index contributed by atoms with van der Waals surface area (Å²) in [5, 5.41) is 23.8. The number of aliphatic carboxylic acids is 1. The van der Waals surface area contributed by atoms with E-state index in [2.05, 4.69) is 10.1 Å². The van der Waals surface area contributed by atoms with Gasteiger partial charge >= 0.3 is 5.97 Å². The Labute approximate surface area is 130 Å². The smallest absolute Gasteiger partial charge is 0.313 e. The molecule has 0 bridgehead atoms. The van der Waals surface area contributed by atoms with Crippen molar-refractivity contribution in [2.24, 2.45) is 5.41 Å². The second kappa shape index (κ2) is 6.75. The predicted molar refractivity (Wildman–Crippen MR) is 79.3 cm³/mol. The fourth-order valence-corrected chi connectivity index (χ4v) is 3.07. The molecular formula is C15H25N3O4. The molecule has 0 aromatic carbocycles. The van der Waals surface area contributed by atoms with Gasteiger partial charge < -0.3 is 14.7 Å². The molecule has 1 aliphatic heterocycles. The molecule has 1 aromatic rings. The number of aliphatic hydroxyl groups is 1. The van der Waals surface area contributed by atoms with Gasteiger partial charge in [-0.05, 0) is 12.8 Å². The summed E-state index contributed by atoms with van der Waals surface area (Å²) in [7, 11) is 0. The molecule has 124 valence electrons. The Morgan fingerprint density at radius 3 is 2.82 bits per heavy atom. The lowest BCUT2D eigenvalue weighted by atomic mass is 9.74. The lowest BCUT2D eigenvalue weighted by molar-refractivity contribution is -0.164. The minimum absolute atomic E-state index is 0.169. The second-order valence-electron chi connectivity index (χ2n) is 6.43. The van der Waals surface area contributed by atoms with E-state index < -0.39 is 17.5 Å². The molecule has 1 aromatic heterocycles. The van der Waals surface area contributed by atoms with Crippen LogP contribution in [0, 0.1) is 5.41 Å². The van der Waals surface area contributed by atoms with Crippen molar-refractivity contribution in [3.63, 3.8) is 0 Å². The van der Waals surface area contributed by atoms with E-state index in [0.29, 0.717) is 44.2 Å². The fourth-order valence-electron chi connectivity index (χ4n) is 3.07. The number of carboxylic acid groups (broad SMARTS) is 1. The third-order valence-electron chi connectivity index (χ3n) is 4.33. The highest BCUT2D eigenvalue weighted by Crippen LogP contribution is 2.36. The van der Waals surface area contributed by atoms with E-state index in [4.69, 9.17) is 4.52 Å². The zero-order valence-corrected chi connectivity index (χ0v) is 13.4. The number of likely N-dealkylation sites (tertiary alicyclic amines) is 1. The van der Waals surface area contributed by atoms with Crippen molar-refractivity contribution in [3.05, 3.63) is 11.7 Å². The Hall–Kier alpha value is -1.47. The normalized spacial score (nSPS) is 26.5. The van der Waals surface area contributed by atoms with Gasteiger partial charge in [0.25, 0.3) is 0 Å². The average Bonchev–Trinajstić information content (AvgIpc) is 2.91. The van der Waals surface area contributed by atoms with Gasteiger partial charge in [0, 0.05) is 19.0 Å². The van der Waals surface area contributed by atoms with Gasteiger partial charge in [-0.1, -0.05) is 32.3 Å². The minimum atomic E-state index is -1.10. The summed E-state index contributed by atoms with van der Waals surface area (Å²) in [5.41, 5.74) is -1.10. The number of aromatic nitrogens is 2. The van der Waals surface area contributed by atoms with Crippen molar-refractivity contribution in [3.8, 4) is 0 Å². The highest BCUT2D eigenvalue weighted by atomic mass is 16.5. The number of rotatable bonds is 6. The van der Waals surface area contributed by atoms with Crippen LogP contribution in [0.25, 0.3) is 0 Å². The van der Waals surface area contributed by atoms with Gasteiger partial charge in [0.2, 0.25) is 5.89 Å². The summed E-state index contributed by atoms with van der Waals surface area (Å²) >= 11 is 0. The number of carboxylic acids is 1. The fraction of sp³-hybridized carbons (Fsp3) is 0.800. The molecule has 1 fully saturated rings. The Balaban J connectivity index is 2.10. The predicted octanol–water partition coefficient (Wildman–Crippen LogP) is 1.63. The van der Waals surface area contributed by atoms with E-state index in [1.807, 2.05) is 25.7 Å². The van der Waals surface area contributed by atoms with E-state index in [9.17, 15) is 15.0 Å². The van der Waals surface area contributed by atoms with Gasteiger partial charge in [-0.15, -0.1) is 0 Å². The van der Waals surface area contributed by atoms with Crippen LogP contribution < -0.4 is 0 Å².